The molecular weight excluding hydrogens is 252 g/mol. The molecule has 1 atom stereocenters. The quantitative estimate of drug-likeness (QED) is 0.901. The molecule has 1 unspecified atom stereocenters. The summed E-state index contributed by atoms with van der Waals surface area (Å²) in [5.74, 6) is 0.869. The van der Waals surface area contributed by atoms with Gasteiger partial charge in [-0.3, -0.25) is 4.90 Å². The summed E-state index contributed by atoms with van der Waals surface area (Å²) in [5.41, 5.74) is 1.14. The number of aromatic nitrogens is 2. The monoisotopic (exact) mass is 276 g/mol. The Balaban J connectivity index is 1.61. The predicted octanol–water partition coefficient (Wildman–Crippen LogP) is 1.42. The zero-order valence-electron chi connectivity index (χ0n) is 12.0. The maximum Gasteiger partial charge on any atom is 0.225 e. The van der Waals surface area contributed by atoms with Crippen LogP contribution in [0.25, 0.3) is 0 Å². The number of nitrogens with zero attached hydrogens (tertiary/aromatic N) is 4. The van der Waals surface area contributed by atoms with E-state index in [9.17, 15) is 5.11 Å². The van der Waals surface area contributed by atoms with E-state index in [1.54, 1.807) is 0 Å². The Labute approximate surface area is 120 Å². The van der Waals surface area contributed by atoms with E-state index in [2.05, 4.69) is 19.8 Å². The average Bonchev–Trinajstić information content (AvgIpc) is 2.96. The van der Waals surface area contributed by atoms with Crippen molar-refractivity contribution in [3.63, 3.8) is 0 Å². The van der Waals surface area contributed by atoms with Crippen molar-refractivity contribution in [2.45, 2.75) is 44.7 Å². The van der Waals surface area contributed by atoms with Crippen LogP contribution < -0.4 is 4.90 Å². The fourth-order valence-electron chi connectivity index (χ4n) is 3.23. The number of rotatable bonds is 4. The van der Waals surface area contributed by atoms with Gasteiger partial charge in [0.25, 0.3) is 0 Å². The van der Waals surface area contributed by atoms with Gasteiger partial charge in [0.05, 0.1) is 6.61 Å². The summed E-state index contributed by atoms with van der Waals surface area (Å²) in [4.78, 5) is 13.7. The maximum absolute atomic E-state index is 9.35. The molecule has 0 aromatic carbocycles. The number of piperidine rings is 1. The molecule has 3 rings (SSSR count). The lowest BCUT2D eigenvalue weighted by Crippen LogP contribution is -2.32. The molecule has 5 heteroatoms. The molecule has 0 bridgehead atoms. The van der Waals surface area contributed by atoms with E-state index in [1.165, 1.54) is 25.7 Å². The second-order valence-corrected chi connectivity index (χ2v) is 5.89. The Hall–Kier alpha value is -1.20. The van der Waals surface area contributed by atoms with Gasteiger partial charge in [0.1, 0.15) is 0 Å². The topological polar surface area (TPSA) is 52.5 Å². The number of hydrogen-bond donors (Lipinski definition) is 1. The van der Waals surface area contributed by atoms with Gasteiger partial charge in [-0.15, -0.1) is 0 Å². The fourth-order valence-corrected chi connectivity index (χ4v) is 3.23. The normalized spacial score (nSPS) is 24.2. The Morgan fingerprint density at radius 1 is 1.05 bits per heavy atom. The lowest BCUT2D eigenvalue weighted by atomic mass is 10.1. The molecule has 0 radical (unpaired) electrons. The van der Waals surface area contributed by atoms with Crippen LogP contribution in [0.3, 0.4) is 0 Å². The van der Waals surface area contributed by atoms with Gasteiger partial charge in [-0.2, -0.15) is 0 Å². The molecule has 1 aromatic rings. The van der Waals surface area contributed by atoms with Gasteiger partial charge >= 0.3 is 0 Å². The van der Waals surface area contributed by atoms with E-state index < -0.39 is 0 Å². The second kappa shape index (κ2) is 6.50. The van der Waals surface area contributed by atoms with Crippen LogP contribution in [-0.2, 0) is 6.54 Å². The van der Waals surface area contributed by atoms with Crippen molar-refractivity contribution in [2.75, 3.05) is 31.1 Å². The van der Waals surface area contributed by atoms with Gasteiger partial charge in [-0.1, -0.05) is 0 Å². The first-order valence-electron chi connectivity index (χ1n) is 7.77. The Kier molecular flexibility index (Phi) is 4.47. The van der Waals surface area contributed by atoms with Gasteiger partial charge in [0.15, 0.2) is 0 Å². The summed E-state index contributed by atoms with van der Waals surface area (Å²) in [5, 5.41) is 9.35. The molecule has 2 aliphatic heterocycles. The van der Waals surface area contributed by atoms with Crippen LogP contribution in [-0.4, -0.2) is 52.3 Å². The second-order valence-electron chi connectivity index (χ2n) is 5.89. The zero-order valence-corrected chi connectivity index (χ0v) is 12.0. The highest BCUT2D eigenvalue weighted by molar-refractivity contribution is 5.30. The summed E-state index contributed by atoms with van der Waals surface area (Å²) < 4.78 is 0. The van der Waals surface area contributed by atoms with E-state index in [4.69, 9.17) is 0 Å². The third kappa shape index (κ3) is 3.10. The fraction of sp³-hybridized carbons (Fsp3) is 0.733. The molecule has 0 amide bonds. The molecule has 2 saturated heterocycles. The number of aliphatic hydroxyl groups excluding tert-OH is 1. The van der Waals surface area contributed by atoms with Gasteiger partial charge in [0.2, 0.25) is 5.95 Å². The molecule has 0 spiro atoms. The van der Waals surface area contributed by atoms with Gasteiger partial charge in [0, 0.05) is 43.6 Å². The van der Waals surface area contributed by atoms with Crippen molar-refractivity contribution in [3.8, 4) is 0 Å². The highest BCUT2D eigenvalue weighted by atomic mass is 16.3. The van der Waals surface area contributed by atoms with Crippen LogP contribution in [0, 0.1) is 0 Å². The number of likely N-dealkylation sites (tertiary alicyclic amines) is 1. The highest BCUT2D eigenvalue weighted by Crippen LogP contribution is 2.20. The zero-order chi connectivity index (χ0) is 13.8. The van der Waals surface area contributed by atoms with Gasteiger partial charge < -0.3 is 10.0 Å². The molecule has 1 aromatic heterocycles. The van der Waals surface area contributed by atoms with Crippen molar-refractivity contribution in [1.82, 2.24) is 14.9 Å². The largest absolute Gasteiger partial charge is 0.395 e. The molecule has 0 saturated carbocycles. The SMILES string of the molecule is OCC1CCCN1Cc1cnc(N2CCCCC2)nc1. The molecule has 2 fully saturated rings. The van der Waals surface area contributed by atoms with Crippen LogP contribution >= 0.6 is 0 Å². The summed E-state index contributed by atoms with van der Waals surface area (Å²) in [6.07, 6.45) is 9.99. The molecule has 20 heavy (non-hydrogen) atoms. The van der Waals surface area contributed by atoms with Crippen molar-refractivity contribution >= 4 is 5.95 Å². The van der Waals surface area contributed by atoms with Crippen LogP contribution in [0.15, 0.2) is 12.4 Å². The Bertz CT molecular complexity index is 416. The smallest absolute Gasteiger partial charge is 0.225 e. The highest BCUT2D eigenvalue weighted by Gasteiger charge is 2.23. The molecule has 0 aliphatic carbocycles. The lowest BCUT2D eigenvalue weighted by molar-refractivity contribution is 0.153. The summed E-state index contributed by atoms with van der Waals surface area (Å²) in [7, 11) is 0. The van der Waals surface area contributed by atoms with Crippen LogP contribution in [0.2, 0.25) is 0 Å². The molecule has 110 valence electrons. The van der Waals surface area contributed by atoms with Crippen LogP contribution in [0.5, 0.6) is 0 Å². The minimum atomic E-state index is 0.257. The van der Waals surface area contributed by atoms with Crippen LogP contribution in [0.4, 0.5) is 5.95 Å². The van der Waals surface area contributed by atoms with Crippen LogP contribution in [0.1, 0.15) is 37.7 Å². The van der Waals surface area contributed by atoms with E-state index in [1.807, 2.05) is 12.4 Å². The summed E-state index contributed by atoms with van der Waals surface area (Å²) in [6, 6.07) is 0.316. The molecule has 1 N–H and O–H groups in total. The number of hydrogen-bond acceptors (Lipinski definition) is 5. The standard InChI is InChI=1S/C15H24N4O/c20-12-14-5-4-8-19(14)11-13-9-16-15(17-10-13)18-6-2-1-3-7-18/h9-10,14,20H,1-8,11-12H2. The van der Waals surface area contributed by atoms with Crippen molar-refractivity contribution < 1.29 is 5.11 Å². The number of anilines is 1. The van der Waals surface area contributed by atoms with Crippen molar-refractivity contribution in [2.24, 2.45) is 0 Å². The van der Waals surface area contributed by atoms with Gasteiger partial charge in [-0.05, 0) is 38.6 Å². The first-order chi connectivity index (χ1) is 9.86. The van der Waals surface area contributed by atoms with E-state index in [0.29, 0.717) is 6.04 Å². The molecule has 5 nitrogen and oxygen atoms in total. The minimum Gasteiger partial charge on any atom is -0.395 e. The Morgan fingerprint density at radius 3 is 2.50 bits per heavy atom. The first-order valence-corrected chi connectivity index (χ1v) is 7.77. The number of aliphatic hydroxyl groups is 1. The lowest BCUT2D eigenvalue weighted by Gasteiger charge is -2.27. The van der Waals surface area contributed by atoms with E-state index in [-0.39, 0.29) is 6.61 Å². The van der Waals surface area contributed by atoms with Crippen molar-refractivity contribution in [1.29, 1.82) is 0 Å². The maximum atomic E-state index is 9.35. The third-order valence-corrected chi connectivity index (χ3v) is 4.43. The molecule has 3 heterocycles. The predicted molar refractivity (Wildman–Crippen MR) is 78.6 cm³/mol. The van der Waals surface area contributed by atoms with E-state index >= 15 is 0 Å². The summed E-state index contributed by atoms with van der Waals surface area (Å²) >= 11 is 0. The summed E-state index contributed by atoms with van der Waals surface area (Å²) in [6.45, 7) is 4.34. The van der Waals surface area contributed by atoms with E-state index in [0.717, 1.165) is 44.1 Å². The minimum absolute atomic E-state index is 0.257. The average molecular weight is 276 g/mol. The van der Waals surface area contributed by atoms with Gasteiger partial charge in [-0.25, -0.2) is 9.97 Å². The van der Waals surface area contributed by atoms with Crippen molar-refractivity contribution in [3.05, 3.63) is 18.0 Å². The molecular formula is C15H24N4O. The first kappa shape index (κ1) is 13.8. The molecule has 2 aliphatic rings. The third-order valence-electron chi connectivity index (χ3n) is 4.43. The Morgan fingerprint density at radius 2 is 1.80 bits per heavy atom.